The van der Waals surface area contributed by atoms with Crippen LogP contribution in [-0.4, -0.2) is 40.3 Å². The van der Waals surface area contributed by atoms with Gasteiger partial charge in [-0.15, -0.1) is 0 Å². The zero-order valence-electron chi connectivity index (χ0n) is 20.0. The number of esters is 1. The number of hydrogen-bond donors (Lipinski definition) is 2. The molecule has 3 rings (SSSR count). The van der Waals surface area contributed by atoms with Crippen molar-refractivity contribution in [1.29, 1.82) is 0 Å². The first-order chi connectivity index (χ1) is 16.2. The summed E-state index contributed by atoms with van der Waals surface area (Å²) in [5.41, 5.74) is 4.60. The molecular weight excluding hydrogens is 448 g/mol. The molecule has 1 aromatic heterocycles. The van der Waals surface area contributed by atoms with Crippen molar-refractivity contribution in [1.82, 2.24) is 10.3 Å². The molecule has 6 nitrogen and oxygen atoms in total. The molecule has 2 N–H and O–H groups in total. The molecule has 0 aliphatic rings. The van der Waals surface area contributed by atoms with Crippen LogP contribution in [0, 0.1) is 13.8 Å². The molecule has 0 spiro atoms. The second-order valence-electron chi connectivity index (χ2n) is 8.35. The number of aryl methyl sites for hydroxylation is 2. The van der Waals surface area contributed by atoms with Gasteiger partial charge >= 0.3 is 5.97 Å². The number of methoxy groups -OCH3 is 1. The molecule has 0 radical (unpaired) electrons. The number of hydrogen-bond acceptors (Lipinski definition) is 6. The lowest BCUT2D eigenvalue weighted by molar-refractivity contribution is -0.150. The highest BCUT2D eigenvalue weighted by Gasteiger charge is 2.27. The molecule has 34 heavy (non-hydrogen) atoms. The van der Waals surface area contributed by atoms with E-state index in [1.54, 1.807) is 6.92 Å². The lowest BCUT2D eigenvalue weighted by atomic mass is 9.86. The topological polar surface area (TPSA) is 80.7 Å². The van der Waals surface area contributed by atoms with Gasteiger partial charge in [-0.2, -0.15) is 0 Å². The highest BCUT2D eigenvalue weighted by Crippen LogP contribution is 2.31. The van der Waals surface area contributed by atoms with Crippen LogP contribution < -0.4 is 10.1 Å². The monoisotopic (exact) mass is 478 g/mol. The second-order valence-corrected chi connectivity index (χ2v) is 8.75. The number of rotatable bonds is 8. The summed E-state index contributed by atoms with van der Waals surface area (Å²) in [5, 5.41) is 13.2. The standard InChI is InChI=1S/C27H30N2O4S/c1-16-6-10-20(11-7-16)23(21-12-8-17(2)9-13-21)19(4)33-27(31)18(3)29-26(34)24-25(30)22(32-5)14-15-28-24/h6-15,18-19,23,30H,1-5H3,(H,29,34)/t18-,19-/m0/s1. The number of benzene rings is 2. The Morgan fingerprint density at radius 2 is 1.50 bits per heavy atom. The van der Waals surface area contributed by atoms with E-state index in [0.717, 1.165) is 22.3 Å². The first-order valence-corrected chi connectivity index (χ1v) is 11.5. The Bertz CT molecular complexity index is 1100. The smallest absolute Gasteiger partial charge is 0.328 e. The van der Waals surface area contributed by atoms with Gasteiger partial charge in [0.05, 0.1) is 7.11 Å². The molecule has 178 valence electrons. The van der Waals surface area contributed by atoms with Crippen molar-refractivity contribution in [2.75, 3.05) is 7.11 Å². The summed E-state index contributed by atoms with van der Waals surface area (Å²) in [6.45, 7) is 7.63. The highest BCUT2D eigenvalue weighted by atomic mass is 32.1. The molecule has 1 heterocycles. The zero-order valence-corrected chi connectivity index (χ0v) is 20.8. The van der Waals surface area contributed by atoms with Crippen LogP contribution in [0.25, 0.3) is 0 Å². The van der Waals surface area contributed by atoms with Crippen LogP contribution in [0.15, 0.2) is 60.8 Å². The minimum Gasteiger partial charge on any atom is -0.503 e. The lowest BCUT2D eigenvalue weighted by Gasteiger charge is -2.27. The van der Waals surface area contributed by atoms with Gasteiger partial charge in [-0.1, -0.05) is 71.9 Å². The van der Waals surface area contributed by atoms with Crippen molar-refractivity contribution in [2.24, 2.45) is 0 Å². The van der Waals surface area contributed by atoms with Gasteiger partial charge in [-0.05, 0) is 38.8 Å². The molecule has 3 aromatic rings. The molecule has 0 fully saturated rings. The first kappa shape index (κ1) is 25.2. The Balaban J connectivity index is 1.76. The Morgan fingerprint density at radius 1 is 0.971 bits per heavy atom. The minimum atomic E-state index is -0.751. The number of aromatic nitrogens is 1. The third-order valence-corrected chi connectivity index (χ3v) is 5.98. The summed E-state index contributed by atoms with van der Waals surface area (Å²) in [6, 6.07) is 17.3. The quantitative estimate of drug-likeness (QED) is 0.355. The second kappa shape index (κ2) is 11.1. The van der Waals surface area contributed by atoms with Crippen LogP contribution in [0.2, 0.25) is 0 Å². The van der Waals surface area contributed by atoms with Crippen LogP contribution in [0.1, 0.15) is 47.7 Å². The van der Waals surface area contributed by atoms with Gasteiger partial charge in [-0.25, -0.2) is 9.78 Å². The molecular formula is C27H30N2O4S. The number of carbonyl (C=O) groups excluding carboxylic acids is 1. The van der Waals surface area contributed by atoms with E-state index in [-0.39, 0.29) is 28.1 Å². The summed E-state index contributed by atoms with van der Waals surface area (Å²) in [6.07, 6.45) is 1.04. The number of carbonyl (C=O) groups is 1. The van der Waals surface area contributed by atoms with Gasteiger partial charge in [0, 0.05) is 18.2 Å². The van der Waals surface area contributed by atoms with Gasteiger partial charge in [0.25, 0.3) is 0 Å². The van der Waals surface area contributed by atoms with E-state index in [1.165, 1.54) is 19.4 Å². The first-order valence-electron chi connectivity index (χ1n) is 11.1. The Morgan fingerprint density at radius 3 is 2.00 bits per heavy atom. The number of pyridine rings is 1. The molecule has 7 heteroatoms. The van der Waals surface area contributed by atoms with Crippen LogP contribution >= 0.6 is 12.2 Å². The SMILES string of the molecule is COc1ccnc(C(=S)N[C@@H](C)C(=O)O[C@@H](C)C(c2ccc(C)cc2)c2ccc(C)cc2)c1O. The largest absolute Gasteiger partial charge is 0.503 e. The highest BCUT2D eigenvalue weighted by molar-refractivity contribution is 7.80. The van der Waals surface area contributed by atoms with E-state index in [2.05, 4.69) is 58.8 Å². The molecule has 0 saturated carbocycles. The normalized spacial score (nSPS) is 12.6. The van der Waals surface area contributed by atoms with Crippen molar-refractivity contribution >= 4 is 23.2 Å². The van der Waals surface area contributed by atoms with Crippen LogP contribution in [-0.2, 0) is 9.53 Å². The van der Waals surface area contributed by atoms with Crippen LogP contribution in [0.4, 0.5) is 0 Å². The maximum absolute atomic E-state index is 13.0. The lowest BCUT2D eigenvalue weighted by Crippen LogP contribution is -2.41. The average molecular weight is 479 g/mol. The van der Waals surface area contributed by atoms with E-state index < -0.39 is 18.1 Å². The molecule has 0 bridgehead atoms. The molecule has 0 unspecified atom stereocenters. The van der Waals surface area contributed by atoms with Crippen molar-refractivity contribution in [2.45, 2.75) is 45.8 Å². The molecule has 0 saturated heterocycles. The van der Waals surface area contributed by atoms with E-state index in [9.17, 15) is 9.90 Å². The van der Waals surface area contributed by atoms with Crippen molar-refractivity contribution in [3.63, 3.8) is 0 Å². The van der Waals surface area contributed by atoms with Crippen molar-refractivity contribution in [3.05, 3.63) is 88.7 Å². The minimum absolute atomic E-state index is 0.127. The van der Waals surface area contributed by atoms with Crippen molar-refractivity contribution < 1.29 is 19.4 Å². The fourth-order valence-electron chi connectivity index (χ4n) is 3.73. The molecule has 0 aliphatic heterocycles. The van der Waals surface area contributed by atoms with Crippen LogP contribution in [0.5, 0.6) is 11.5 Å². The number of thiocarbonyl (C=S) groups is 1. The van der Waals surface area contributed by atoms with Crippen molar-refractivity contribution in [3.8, 4) is 11.5 Å². The number of nitrogens with zero attached hydrogens (tertiary/aromatic N) is 1. The fourth-order valence-corrected chi connectivity index (χ4v) is 4.05. The summed E-state index contributed by atoms with van der Waals surface area (Å²) in [5.74, 6) is -0.526. The third kappa shape index (κ3) is 5.91. The summed E-state index contributed by atoms with van der Waals surface area (Å²) >= 11 is 5.36. The number of ether oxygens (including phenoxy) is 2. The van der Waals surface area contributed by atoms with E-state index in [1.807, 2.05) is 20.8 Å². The summed E-state index contributed by atoms with van der Waals surface area (Å²) < 4.78 is 11.0. The van der Waals surface area contributed by atoms with Gasteiger partial charge in [0.15, 0.2) is 11.5 Å². The van der Waals surface area contributed by atoms with Gasteiger partial charge < -0.3 is 19.9 Å². The van der Waals surface area contributed by atoms with E-state index >= 15 is 0 Å². The molecule has 0 aliphatic carbocycles. The Hall–Kier alpha value is -3.45. The van der Waals surface area contributed by atoms with Gasteiger partial charge in [-0.3, -0.25) is 0 Å². The summed E-state index contributed by atoms with van der Waals surface area (Å²) in [7, 11) is 1.44. The third-order valence-electron chi connectivity index (χ3n) is 5.67. The number of aromatic hydroxyl groups is 1. The maximum Gasteiger partial charge on any atom is 0.328 e. The van der Waals surface area contributed by atoms with Gasteiger partial charge in [0.2, 0.25) is 0 Å². The van der Waals surface area contributed by atoms with Gasteiger partial charge in [0.1, 0.15) is 22.8 Å². The average Bonchev–Trinajstić information content (AvgIpc) is 2.81. The van der Waals surface area contributed by atoms with E-state index in [0.29, 0.717) is 0 Å². The molecule has 2 atom stereocenters. The zero-order chi connectivity index (χ0) is 24.8. The fraction of sp³-hybridized carbons (Fsp3) is 0.296. The molecule has 2 aromatic carbocycles. The Kier molecular flexibility index (Phi) is 8.23. The summed E-state index contributed by atoms with van der Waals surface area (Å²) in [4.78, 5) is 17.2. The predicted molar refractivity (Wildman–Crippen MR) is 137 cm³/mol. The predicted octanol–water partition coefficient (Wildman–Crippen LogP) is 4.83. The Labute approximate surface area is 206 Å². The maximum atomic E-state index is 13.0. The molecule has 0 amide bonds. The van der Waals surface area contributed by atoms with Crippen LogP contribution in [0.3, 0.4) is 0 Å². The number of nitrogens with one attached hydrogen (secondary N) is 1. The van der Waals surface area contributed by atoms with E-state index in [4.69, 9.17) is 21.7 Å².